The van der Waals surface area contributed by atoms with Gasteiger partial charge in [-0.2, -0.15) is 0 Å². The Bertz CT molecular complexity index is 333. The highest BCUT2D eigenvalue weighted by Gasteiger charge is 2.09. The maximum absolute atomic E-state index is 13.7. The minimum Gasteiger partial charge on any atom is -0.380 e. The van der Waals surface area contributed by atoms with Crippen LogP contribution in [0, 0.1) is 5.82 Å². The van der Waals surface area contributed by atoms with Crippen molar-refractivity contribution in [2.45, 2.75) is 13.0 Å². The number of benzene rings is 1. The molecule has 0 aromatic heterocycles. The Morgan fingerprint density at radius 3 is 2.67 bits per heavy atom. The molecule has 1 aromatic rings. The van der Waals surface area contributed by atoms with Crippen molar-refractivity contribution in [2.24, 2.45) is 5.90 Å². The van der Waals surface area contributed by atoms with Gasteiger partial charge in [-0.1, -0.05) is 11.6 Å². The first-order chi connectivity index (χ1) is 7.19. The number of hydrogen-bond acceptors (Lipinski definition) is 3. The van der Waals surface area contributed by atoms with Crippen LogP contribution in [0.2, 0.25) is 5.02 Å². The average Bonchev–Trinajstić information content (AvgIpc) is 2.21. The van der Waals surface area contributed by atoms with Crippen molar-refractivity contribution in [3.63, 3.8) is 0 Å². The molecule has 0 saturated carbocycles. The van der Waals surface area contributed by atoms with Gasteiger partial charge in [0.05, 0.1) is 13.2 Å². The van der Waals surface area contributed by atoms with Crippen LogP contribution in [0.4, 0.5) is 4.39 Å². The van der Waals surface area contributed by atoms with Crippen LogP contribution >= 0.6 is 11.6 Å². The van der Waals surface area contributed by atoms with Crippen LogP contribution in [-0.4, -0.2) is 13.7 Å². The highest BCUT2D eigenvalue weighted by Crippen LogP contribution is 2.21. The molecule has 0 fully saturated rings. The zero-order chi connectivity index (χ0) is 11.3. The minimum atomic E-state index is -0.307. The lowest BCUT2D eigenvalue weighted by Gasteiger charge is -2.08. The third-order valence-electron chi connectivity index (χ3n) is 1.98. The summed E-state index contributed by atoms with van der Waals surface area (Å²) in [6.45, 7) is 0.451. The van der Waals surface area contributed by atoms with Crippen LogP contribution in [-0.2, 0) is 22.6 Å². The Balaban J connectivity index is 2.93. The summed E-state index contributed by atoms with van der Waals surface area (Å²) in [5.74, 6) is 4.57. The van der Waals surface area contributed by atoms with Gasteiger partial charge in [-0.15, -0.1) is 0 Å². The lowest BCUT2D eigenvalue weighted by molar-refractivity contribution is 0.140. The van der Waals surface area contributed by atoms with E-state index >= 15 is 0 Å². The number of ether oxygens (including phenoxy) is 1. The minimum absolute atomic E-state index is 0.197. The maximum Gasteiger partial charge on any atom is 0.132 e. The summed E-state index contributed by atoms with van der Waals surface area (Å²) >= 11 is 5.84. The monoisotopic (exact) mass is 233 g/mol. The first-order valence-corrected chi connectivity index (χ1v) is 4.84. The van der Waals surface area contributed by atoms with Crippen LogP contribution < -0.4 is 5.90 Å². The summed E-state index contributed by atoms with van der Waals surface area (Å²) in [6.07, 6.45) is 0.388. The first-order valence-electron chi connectivity index (χ1n) is 4.46. The van der Waals surface area contributed by atoms with E-state index in [0.717, 1.165) is 0 Å². The van der Waals surface area contributed by atoms with E-state index in [4.69, 9.17) is 22.2 Å². The number of hydrogen-bond donors (Lipinski definition) is 1. The van der Waals surface area contributed by atoms with Gasteiger partial charge < -0.3 is 9.57 Å². The fourth-order valence-electron chi connectivity index (χ4n) is 1.32. The normalized spacial score (nSPS) is 10.7. The molecule has 0 aliphatic heterocycles. The van der Waals surface area contributed by atoms with Crippen molar-refractivity contribution in [1.82, 2.24) is 0 Å². The van der Waals surface area contributed by atoms with Crippen LogP contribution in [0.3, 0.4) is 0 Å². The highest BCUT2D eigenvalue weighted by molar-refractivity contribution is 6.30. The molecule has 0 heterocycles. The predicted molar refractivity (Wildman–Crippen MR) is 56.0 cm³/mol. The SMILES string of the molecule is COCc1cc(Cl)cc(CCON)c1F. The quantitative estimate of drug-likeness (QED) is 0.792. The molecule has 1 rings (SSSR count). The molecular formula is C10H13ClFNO2. The number of methoxy groups -OCH3 is 1. The molecular weight excluding hydrogens is 221 g/mol. The van der Waals surface area contributed by atoms with E-state index in [1.807, 2.05) is 0 Å². The van der Waals surface area contributed by atoms with Crippen molar-refractivity contribution in [2.75, 3.05) is 13.7 Å². The molecule has 15 heavy (non-hydrogen) atoms. The lowest BCUT2D eigenvalue weighted by atomic mass is 10.1. The zero-order valence-electron chi connectivity index (χ0n) is 8.43. The van der Waals surface area contributed by atoms with Crippen molar-refractivity contribution in [3.05, 3.63) is 34.1 Å². The van der Waals surface area contributed by atoms with E-state index in [9.17, 15) is 4.39 Å². The molecule has 0 bridgehead atoms. The average molecular weight is 234 g/mol. The van der Waals surface area contributed by atoms with E-state index in [1.54, 1.807) is 12.1 Å². The third kappa shape index (κ3) is 3.43. The molecule has 84 valence electrons. The molecule has 0 radical (unpaired) electrons. The first kappa shape index (κ1) is 12.4. The van der Waals surface area contributed by atoms with Gasteiger partial charge in [-0.3, -0.25) is 0 Å². The fraction of sp³-hybridized carbons (Fsp3) is 0.400. The fourth-order valence-corrected chi connectivity index (χ4v) is 1.58. The number of halogens is 2. The zero-order valence-corrected chi connectivity index (χ0v) is 9.18. The Kier molecular flexibility index (Phi) is 4.98. The van der Waals surface area contributed by atoms with E-state index in [2.05, 4.69) is 4.84 Å². The molecule has 0 aliphatic carbocycles. The van der Waals surface area contributed by atoms with Crippen LogP contribution in [0.15, 0.2) is 12.1 Å². The van der Waals surface area contributed by atoms with Gasteiger partial charge in [-0.05, 0) is 17.7 Å². The third-order valence-corrected chi connectivity index (χ3v) is 2.20. The Morgan fingerprint density at radius 2 is 2.07 bits per heavy atom. The molecule has 1 aromatic carbocycles. The molecule has 0 unspecified atom stereocenters. The van der Waals surface area contributed by atoms with Crippen molar-refractivity contribution < 1.29 is 14.0 Å². The summed E-state index contributed by atoms with van der Waals surface area (Å²) < 4.78 is 18.6. The van der Waals surface area contributed by atoms with E-state index in [0.29, 0.717) is 22.6 Å². The van der Waals surface area contributed by atoms with Gasteiger partial charge in [0, 0.05) is 24.1 Å². The van der Waals surface area contributed by atoms with Gasteiger partial charge in [0.25, 0.3) is 0 Å². The van der Waals surface area contributed by atoms with Gasteiger partial charge in [0.2, 0.25) is 0 Å². The largest absolute Gasteiger partial charge is 0.380 e. The number of rotatable bonds is 5. The number of nitrogens with two attached hydrogens (primary N) is 1. The van der Waals surface area contributed by atoms with Gasteiger partial charge in [0.1, 0.15) is 5.82 Å². The topological polar surface area (TPSA) is 44.5 Å². The second kappa shape index (κ2) is 6.02. The molecule has 2 N–H and O–H groups in total. The van der Waals surface area contributed by atoms with Crippen molar-refractivity contribution >= 4 is 11.6 Å². The maximum atomic E-state index is 13.7. The smallest absolute Gasteiger partial charge is 0.132 e. The van der Waals surface area contributed by atoms with E-state index in [1.165, 1.54) is 7.11 Å². The summed E-state index contributed by atoms with van der Waals surface area (Å²) in [7, 11) is 1.50. The Labute approximate surface area is 92.9 Å². The van der Waals surface area contributed by atoms with E-state index < -0.39 is 0 Å². The lowest BCUT2D eigenvalue weighted by Crippen LogP contribution is -2.06. The molecule has 0 spiro atoms. The summed E-state index contributed by atoms with van der Waals surface area (Å²) in [5.41, 5.74) is 0.928. The Hall–Kier alpha value is -0.680. The van der Waals surface area contributed by atoms with Crippen molar-refractivity contribution in [3.8, 4) is 0 Å². The summed E-state index contributed by atoms with van der Waals surface area (Å²) in [4.78, 5) is 4.40. The highest BCUT2D eigenvalue weighted by atomic mass is 35.5. The second-order valence-corrected chi connectivity index (χ2v) is 3.53. The molecule has 0 aliphatic rings. The molecule has 0 atom stereocenters. The van der Waals surface area contributed by atoms with Crippen LogP contribution in [0.5, 0.6) is 0 Å². The standard InChI is InChI=1S/C10H13ClFNO2/c1-14-6-8-5-9(11)4-7(10(8)12)2-3-15-13/h4-5H,2-3,6,13H2,1H3. The van der Waals surface area contributed by atoms with Gasteiger partial charge in [0.15, 0.2) is 0 Å². The molecule has 3 nitrogen and oxygen atoms in total. The summed E-state index contributed by atoms with van der Waals surface area (Å²) in [6, 6.07) is 3.11. The molecule has 5 heteroatoms. The van der Waals surface area contributed by atoms with Crippen molar-refractivity contribution in [1.29, 1.82) is 0 Å². The van der Waals surface area contributed by atoms with Gasteiger partial charge in [-0.25, -0.2) is 10.3 Å². The van der Waals surface area contributed by atoms with Crippen LogP contribution in [0.1, 0.15) is 11.1 Å². The molecule has 0 saturated heterocycles. The van der Waals surface area contributed by atoms with Gasteiger partial charge >= 0.3 is 0 Å². The molecule has 0 amide bonds. The Morgan fingerprint density at radius 1 is 1.40 bits per heavy atom. The predicted octanol–water partition coefficient (Wildman–Crippen LogP) is 2.06. The summed E-state index contributed by atoms with van der Waals surface area (Å²) in [5, 5.41) is 0.482. The van der Waals surface area contributed by atoms with Crippen LogP contribution in [0.25, 0.3) is 0 Å². The van der Waals surface area contributed by atoms with E-state index in [-0.39, 0.29) is 19.0 Å². The second-order valence-electron chi connectivity index (χ2n) is 3.09.